The summed E-state index contributed by atoms with van der Waals surface area (Å²) in [6.07, 6.45) is -3.88. The molecule has 0 unspecified atom stereocenters. The van der Waals surface area contributed by atoms with Crippen molar-refractivity contribution in [2.24, 2.45) is 0 Å². The Balaban J connectivity index is 3.08. The summed E-state index contributed by atoms with van der Waals surface area (Å²) in [6.45, 7) is 1.94. The van der Waals surface area contributed by atoms with Gasteiger partial charge in [0.2, 0.25) is 0 Å². The highest BCUT2D eigenvalue weighted by Crippen LogP contribution is 2.32. The van der Waals surface area contributed by atoms with Crippen LogP contribution in [0.15, 0.2) is 18.2 Å². The molecule has 0 radical (unpaired) electrons. The highest BCUT2D eigenvalue weighted by molar-refractivity contribution is 5.59. The predicted octanol–water partition coefficient (Wildman–Crippen LogP) is 3.21. The van der Waals surface area contributed by atoms with E-state index in [-0.39, 0.29) is 5.75 Å². The van der Waals surface area contributed by atoms with E-state index in [0.29, 0.717) is 5.69 Å². The van der Waals surface area contributed by atoms with Crippen molar-refractivity contribution in [3.63, 3.8) is 0 Å². The van der Waals surface area contributed by atoms with Crippen LogP contribution in [0.2, 0.25) is 0 Å². The molecular weight excluding hydrogens is 219 g/mol. The van der Waals surface area contributed by atoms with Crippen LogP contribution in [-0.2, 0) is 6.42 Å². The van der Waals surface area contributed by atoms with Crippen LogP contribution in [0.1, 0.15) is 12.5 Å². The van der Waals surface area contributed by atoms with Crippen LogP contribution in [0.25, 0.3) is 0 Å². The molecule has 0 atom stereocenters. The van der Waals surface area contributed by atoms with Crippen LogP contribution < -0.4 is 9.64 Å². The van der Waals surface area contributed by atoms with Gasteiger partial charge in [0.15, 0.2) is 5.75 Å². The number of aryl methyl sites for hydroxylation is 1. The number of benzene rings is 1. The molecule has 0 aliphatic rings. The number of hydrogen-bond donors (Lipinski definition) is 0. The Labute approximate surface area is 92.6 Å². The summed E-state index contributed by atoms with van der Waals surface area (Å²) in [5, 5.41) is 0. The summed E-state index contributed by atoms with van der Waals surface area (Å²) in [4.78, 5) is 1.60. The molecule has 1 rings (SSSR count). The van der Waals surface area contributed by atoms with E-state index in [0.717, 1.165) is 12.0 Å². The van der Waals surface area contributed by atoms with Crippen molar-refractivity contribution < 1.29 is 17.9 Å². The molecule has 2 nitrogen and oxygen atoms in total. The minimum atomic E-state index is -4.65. The van der Waals surface area contributed by atoms with Gasteiger partial charge in [0, 0.05) is 14.1 Å². The van der Waals surface area contributed by atoms with Crippen molar-refractivity contribution in [3.05, 3.63) is 23.8 Å². The first kappa shape index (κ1) is 12.7. The summed E-state index contributed by atoms with van der Waals surface area (Å²) in [5.74, 6) is -0.172. The van der Waals surface area contributed by atoms with E-state index in [1.807, 2.05) is 6.92 Å². The van der Waals surface area contributed by atoms with Crippen LogP contribution in [0.3, 0.4) is 0 Å². The molecular formula is C11H14F3NO. The van der Waals surface area contributed by atoms with Gasteiger partial charge < -0.3 is 9.64 Å². The summed E-state index contributed by atoms with van der Waals surface area (Å²) in [7, 11) is 3.36. The third-order valence-electron chi connectivity index (χ3n) is 2.14. The van der Waals surface area contributed by atoms with Gasteiger partial charge in [0.1, 0.15) is 0 Å². The topological polar surface area (TPSA) is 12.5 Å². The quantitative estimate of drug-likeness (QED) is 0.794. The Morgan fingerprint density at radius 3 is 2.31 bits per heavy atom. The normalized spacial score (nSPS) is 11.4. The highest BCUT2D eigenvalue weighted by atomic mass is 19.4. The Hall–Kier alpha value is -1.39. The fraction of sp³-hybridized carbons (Fsp3) is 0.455. The van der Waals surface area contributed by atoms with Crippen LogP contribution in [0, 0.1) is 0 Å². The first-order valence-electron chi connectivity index (χ1n) is 4.89. The van der Waals surface area contributed by atoms with E-state index in [1.54, 1.807) is 31.1 Å². The molecule has 0 N–H and O–H groups in total. The molecule has 90 valence electrons. The number of rotatable bonds is 3. The van der Waals surface area contributed by atoms with Crippen molar-refractivity contribution in [2.75, 3.05) is 19.0 Å². The van der Waals surface area contributed by atoms with E-state index in [9.17, 15) is 13.2 Å². The van der Waals surface area contributed by atoms with Gasteiger partial charge in [-0.2, -0.15) is 0 Å². The maximum Gasteiger partial charge on any atom is 0.573 e. The molecule has 0 spiro atoms. The third kappa shape index (κ3) is 3.32. The second kappa shape index (κ2) is 4.63. The Kier molecular flexibility index (Phi) is 3.67. The van der Waals surface area contributed by atoms with Crippen LogP contribution in [-0.4, -0.2) is 20.5 Å². The Bertz CT molecular complexity index is 361. The molecule has 0 aliphatic heterocycles. The summed E-state index contributed by atoms with van der Waals surface area (Å²) < 4.78 is 40.3. The zero-order valence-electron chi connectivity index (χ0n) is 9.43. The van der Waals surface area contributed by atoms with Crippen molar-refractivity contribution in [1.29, 1.82) is 0 Å². The third-order valence-corrected chi connectivity index (χ3v) is 2.14. The van der Waals surface area contributed by atoms with Gasteiger partial charge in [-0.15, -0.1) is 13.2 Å². The van der Waals surface area contributed by atoms with Gasteiger partial charge in [-0.1, -0.05) is 13.0 Å². The summed E-state index contributed by atoms with van der Waals surface area (Å²) in [6, 6.07) is 4.68. The lowest BCUT2D eigenvalue weighted by molar-refractivity contribution is -0.274. The Morgan fingerprint density at radius 1 is 1.25 bits per heavy atom. The number of halogens is 3. The van der Waals surface area contributed by atoms with Gasteiger partial charge in [-0.05, 0) is 24.1 Å². The predicted molar refractivity (Wildman–Crippen MR) is 56.8 cm³/mol. The number of alkyl halides is 3. The standard InChI is InChI=1S/C11H14F3NO/c1-4-8-5-6-10(16-11(12,13)14)9(7-8)15(2)3/h5-7H,4H2,1-3H3. The molecule has 0 saturated carbocycles. The first-order valence-corrected chi connectivity index (χ1v) is 4.89. The van der Waals surface area contributed by atoms with Gasteiger partial charge in [0.25, 0.3) is 0 Å². The zero-order valence-corrected chi connectivity index (χ0v) is 9.43. The van der Waals surface area contributed by atoms with Gasteiger partial charge >= 0.3 is 6.36 Å². The van der Waals surface area contributed by atoms with Gasteiger partial charge in [0.05, 0.1) is 5.69 Å². The monoisotopic (exact) mass is 233 g/mol. The summed E-state index contributed by atoms with van der Waals surface area (Å²) in [5.41, 5.74) is 1.40. The molecule has 1 aromatic carbocycles. The lowest BCUT2D eigenvalue weighted by atomic mass is 10.1. The molecule has 0 aliphatic carbocycles. The average Bonchev–Trinajstić information content (AvgIpc) is 2.15. The molecule has 1 aromatic rings. The average molecular weight is 233 g/mol. The van der Waals surface area contributed by atoms with E-state index < -0.39 is 6.36 Å². The molecule has 16 heavy (non-hydrogen) atoms. The minimum absolute atomic E-state index is 0.172. The molecule has 5 heteroatoms. The van der Waals surface area contributed by atoms with E-state index in [1.165, 1.54) is 6.07 Å². The number of ether oxygens (including phenoxy) is 1. The van der Waals surface area contributed by atoms with Crippen LogP contribution in [0.5, 0.6) is 5.75 Å². The molecule has 0 heterocycles. The minimum Gasteiger partial charge on any atom is -0.404 e. The van der Waals surface area contributed by atoms with Crippen molar-refractivity contribution in [1.82, 2.24) is 0 Å². The summed E-state index contributed by atoms with van der Waals surface area (Å²) >= 11 is 0. The van der Waals surface area contributed by atoms with Gasteiger partial charge in [-0.25, -0.2) is 0 Å². The lowest BCUT2D eigenvalue weighted by Crippen LogP contribution is -2.20. The molecule has 0 fully saturated rings. The maximum atomic E-state index is 12.1. The maximum absolute atomic E-state index is 12.1. The van der Waals surface area contributed by atoms with Crippen LogP contribution in [0.4, 0.5) is 18.9 Å². The largest absolute Gasteiger partial charge is 0.573 e. The highest BCUT2D eigenvalue weighted by Gasteiger charge is 2.32. The number of nitrogens with zero attached hydrogens (tertiary/aromatic N) is 1. The van der Waals surface area contributed by atoms with E-state index in [4.69, 9.17) is 0 Å². The van der Waals surface area contributed by atoms with E-state index in [2.05, 4.69) is 4.74 Å². The molecule has 0 amide bonds. The second-order valence-corrected chi connectivity index (χ2v) is 3.60. The molecule has 0 aromatic heterocycles. The van der Waals surface area contributed by atoms with Crippen LogP contribution >= 0.6 is 0 Å². The van der Waals surface area contributed by atoms with Crippen molar-refractivity contribution in [3.8, 4) is 5.75 Å². The fourth-order valence-electron chi connectivity index (χ4n) is 1.34. The van der Waals surface area contributed by atoms with Crippen molar-refractivity contribution in [2.45, 2.75) is 19.7 Å². The van der Waals surface area contributed by atoms with E-state index >= 15 is 0 Å². The molecule has 0 bridgehead atoms. The second-order valence-electron chi connectivity index (χ2n) is 3.60. The smallest absolute Gasteiger partial charge is 0.404 e. The van der Waals surface area contributed by atoms with Gasteiger partial charge in [-0.3, -0.25) is 0 Å². The SMILES string of the molecule is CCc1ccc(OC(F)(F)F)c(N(C)C)c1. The molecule has 0 saturated heterocycles. The zero-order chi connectivity index (χ0) is 12.3. The lowest BCUT2D eigenvalue weighted by Gasteiger charge is -2.19. The fourth-order valence-corrected chi connectivity index (χ4v) is 1.34. The van der Waals surface area contributed by atoms with Crippen molar-refractivity contribution >= 4 is 5.69 Å². The number of anilines is 1. The first-order chi connectivity index (χ1) is 7.33. The Morgan fingerprint density at radius 2 is 1.88 bits per heavy atom. The number of hydrogen-bond acceptors (Lipinski definition) is 2.